The van der Waals surface area contributed by atoms with Gasteiger partial charge in [0.2, 0.25) is 5.91 Å². The number of hydrogen-bond acceptors (Lipinski definition) is 5. The van der Waals surface area contributed by atoms with Gasteiger partial charge in [0.05, 0.1) is 25.4 Å². The summed E-state index contributed by atoms with van der Waals surface area (Å²) in [5.74, 6) is -0.115. The molecule has 0 saturated heterocycles. The van der Waals surface area contributed by atoms with E-state index in [1.165, 1.54) is 148 Å². The Morgan fingerprint density at radius 3 is 1.37 bits per heavy atom. The fraction of sp³-hybridized carbons (Fsp3) is 0.870. The van der Waals surface area contributed by atoms with Crippen LogP contribution in [-0.4, -0.2) is 47.4 Å². The topological polar surface area (TPSA) is 95.9 Å². The molecule has 0 saturated carbocycles. The third-order valence-electron chi connectivity index (χ3n) is 10.2. The van der Waals surface area contributed by atoms with Crippen molar-refractivity contribution in [2.24, 2.45) is 0 Å². The van der Waals surface area contributed by atoms with Crippen molar-refractivity contribution in [1.29, 1.82) is 0 Å². The quantitative estimate of drug-likeness (QED) is 0.0330. The highest BCUT2D eigenvalue weighted by Crippen LogP contribution is 2.14. The molecule has 2 atom stereocenters. The summed E-state index contributed by atoms with van der Waals surface area (Å²) >= 11 is 0. The second-order valence-corrected chi connectivity index (χ2v) is 15.4. The number of hydrogen-bond donors (Lipinski definition) is 3. The van der Waals surface area contributed by atoms with E-state index >= 15 is 0 Å². The third-order valence-corrected chi connectivity index (χ3v) is 10.2. The minimum absolute atomic E-state index is 0.0251. The average molecular weight is 734 g/mol. The van der Waals surface area contributed by atoms with E-state index in [0.717, 1.165) is 57.8 Å². The number of carbonyl (C=O) groups is 2. The van der Waals surface area contributed by atoms with Gasteiger partial charge >= 0.3 is 5.97 Å². The van der Waals surface area contributed by atoms with E-state index in [4.69, 9.17) is 4.74 Å². The molecule has 306 valence electrons. The molecule has 6 nitrogen and oxygen atoms in total. The predicted octanol–water partition coefficient (Wildman–Crippen LogP) is 12.8. The van der Waals surface area contributed by atoms with Crippen LogP contribution in [0.25, 0.3) is 0 Å². The SMILES string of the molecule is CCCCCCC/C=C\CCCCCCCC(=O)OCCCCCCCCCCCCCC(=O)NC(CO)C(O)/C=C/CCCCCCCCCC. The number of allylic oxidation sites excluding steroid dienone is 3. The molecule has 0 aliphatic rings. The molecule has 0 radical (unpaired) electrons. The van der Waals surface area contributed by atoms with Crippen molar-refractivity contribution < 1.29 is 24.5 Å². The summed E-state index contributed by atoms with van der Waals surface area (Å²) in [6.45, 7) is 4.81. The molecule has 0 rings (SSSR count). The average Bonchev–Trinajstić information content (AvgIpc) is 3.14. The molecule has 0 aliphatic carbocycles. The number of carbonyl (C=O) groups excluding carboxylic acids is 2. The fourth-order valence-electron chi connectivity index (χ4n) is 6.68. The van der Waals surface area contributed by atoms with Crippen molar-refractivity contribution in [2.75, 3.05) is 13.2 Å². The lowest BCUT2D eigenvalue weighted by Gasteiger charge is -2.20. The summed E-state index contributed by atoms with van der Waals surface area (Å²) in [7, 11) is 0. The minimum atomic E-state index is -0.854. The van der Waals surface area contributed by atoms with Crippen molar-refractivity contribution in [3.63, 3.8) is 0 Å². The second-order valence-electron chi connectivity index (χ2n) is 15.4. The van der Waals surface area contributed by atoms with Crippen LogP contribution in [0, 0.1) is 0 Å². The van der Waals surface area contributed by atoms with E-state index in [9.17, 15) is 19.8 Å². The van der Waals surface area contributed by atoms with E-state index < -0.39 is 12.1 Å². The van der Waals surface area contributed by atoms with Crippen molar-refractivity contribution in [1.82, 2.24) is 5.32 Å². The normalized spacial score (nSPS) is 12.9. The first-order valence-electron chi connectivity index (χ1n) is 22.6. The number of amides is 1. The zero-order valence-electron chi connectivity index (χ0n) is 34.5. The highest BCUT2D eigenvalue weighted by molar-refractivity contribution is 5.76. The number of unbranched alkanes of at least 4 members (excludes halogenated alkanes) is 28. The molecule has 0 aromatic heterocycles. The van der Waals surface area contributed by atoms with Crippen molar-refractivity contribution in [3.05, 3.63) is 24.3 Å². The molecular formula is C46H87NO5. The van der Waals surface area contributed by atoms with Gasteiger partial charge in [-0.2, -0.15) is 0 Å². The van der Waals surface area contributed by atoms with Crippen LogP contribution in [-0.2, 0) is 14.3 Å². The highest BCUT2D eigenvalue weighted by atomic mass is 16.5. The molecule has 6 heteroatoms. The first-order chi connectivity index (χ1) is 25.5. The lowest BCUT2D eigenvalue weighted by atomic mass is 10.0. The summed E-state index contributed by atoms with van der Waals surface area (Å²) in [5, 5.41) is 22.9. The first-order valence-corrected chi connectivity index (χ1v) is 22.6. The Morgan fingerprint density at radius 1 is 0.519 bits per heavy atom. The molecule has 0 spiro atoms. The van der Waals surface area contributed by atoms with E-state index in [1.54, 1.807) is 6.08 Å². The van der Waals surface area contributed by atoms with Gasteiger partial charge in [0, 0.05) is 12.8 Å². The maximum atomic E-state index is 12.3. The molecule has 0 heterocycles. The zero-order valence-corrected chi connectivity index (χ0v) is 34.5. The lowest BCUT2D eigenvalue weighted by Crippen LogP contribution is -2.45. The van der Waals surface area contributed by atoms with Crippen LogP contribution >= 0.6 is 0 Å². The van der Waals surface area contributed by atoms with Crippen LogP contribution in [0.15, 0.2) is 24.3 Å². The Balaban J connectivity index is 3.50. The van der Waals surface area contributed by atoms with Gasteiger partial charge in [-0.05, 0) is 57.8 Å². The molecular weight excluding hydrogens is 647 g/mol. The summed E-state index contributed by atoms with van der Waals surface area (Å²) in [6, 6.07) is -0.639. The molecule has 1 amide bonds. The van der Waals surface area contributed by atoms with Crippen molar-refractivity contribution >= 4 is 11.9 Å². The number of nitrogens with one attached hydrogen (secondary N) is 1. The van der Waals surface area contributed by atoms with Gasteiger partial charge in [-0.15, -0.1) is 0 Å². The molecule has 3 N–H and O–H groups in total. The molecule has 0 aliphatic heterocycles. The highest BCUT2D eigenvalue weighted by Gasteiger charge is 2.18. The standard InChI is InChI=1S/C46H87NO5/c1-3-5-7-9-11-13-15-16-17-20-24-28-32-36-40-46(51)52-41-37-33-29-25-21-18-19-23-27-31-35-39-45(50)47-43(42-48)44(49)38-34-30-26-22-14-12-10-8-6-4-2/h15-16,34,38,43-44,48-49H,3-14,17-33,35-37,39-42H2,1-2H3,(H,47,50)/b16-15-,38-34+. The summed E-state index contributed by atoms with van der Waals surface area (Å²) in [5.41, 5.74) is 0. The summed E-state index contributed by atoms with van der Waals surface area (Å²) in [4.78, 5) is 24.3. The van der Waals surface area contributed by atoms with Gasteiger partial charge in [0.25, 0.3) is 0 Å². The molecule has 2 unspecified atom stereocenters. The Bertz CT molecular complexity index is 813. The Morgan fingerprint density at radius 2 is 0.904 bits per heavy atom. The van der Waals surface area contributed by atoms with Crippen LogP contribution in [0.1, 0.15) is 232 Å². The van der Waals surface area contributed by atoms with Gasteiger partial charge in [0.1, 0.15) is 0 Å². The van der Waals surface area contributed by atoms with Gasteiger partial charge in [-0.1, -0.05) is 186 Å². The summed E-state index contributed by atoms with van der Waals surface area (Å²) in [6.07, 6.45) is 47.3. The Kier molecular flexibility index (Phi) is 40.7. The number of rotatable bonds is 41. The number of ether oxygens (including phenoxy) is 1. The number of esters is 1. The van der Waals surface area contributed by atoms with Gasteiger partial charge in [-0.3, -0.25) is 9.59 Å². The second kappa shape index (κ2) is 42.1. The van der Waals surface area contributed by atoms with E-state index in [-0.39, 0.29) is 18.5 Å². The van der Waals surface area contributed by atoms with Crippen LogP contribution in [0.4, 0.5) is 0 Å². The summed E-state index contributed by atoms with van der Waals surface area (Å²) < 4.78 is 5.44. The number of aliphatic hydroxyl groups is 2. The number of aliphatic hydroxyl groups excluding tert-OH is 2. The predicted molar refractivity (Wildman–Crippen MR) is 223 cm³/mol. The van der Waals surface area contributed by atoms with Crippen molar-refractivity contribution in [2.45, 2.75) is 244 Å². The molecule has 0 fully saturated rings. The molecule has 0 bridgehead atoms. The van der Waals surface area contributed by atoms with Crippen LogP contribution < -0.4 is 5.32 Å². The van der Waals surface area contributed by atoms with Crippen molar-refractivity contribution in [3.8, 4) is 0 Å². The molecule has 0 aromatic carbocycles. The van der Waals surface area contributed by atoms with Crippen LogP contribution in [0.3, 0.4) is 0 Å². The molecule has 0 aromatic rings. The largest absolute Gasteiger partial charge is 0.466 e. The van der Waals surface area contributed by atoms with Gasteiger partial charge < -0.3 is 20.3 Å². The van der Waals surface area contributed by atoms with E-state index in [0.29, 0.717) is 19.4 Å². The van der Waals surface area contributed by atoms with Crippen LogP contribution in [0.5, 0.6) is 0 Å². The van der Waals surface area contributed by atoms with E-state index in [1.807, 2.05) is 6.08 Å². The van der Waals surface area contributed by atoms with Gasteiger partial charge in [0.15, 0.2) is 0 Å². The maximum absolute atomic E-state index is 12.3. The monoisotopic (exact) mass is 734 g/mol. The maximum Gasteiger partial charge on any atom is 0.305 e. The Labute approximate surface area is 322 Å². The van der Waals surface area contributed by atoms with Crippen LogP contribution in [0.2, 0.25) is 0 Å². The zero-order chi connectivity index (χ0) is 38.0. The van der Waals surface area contributed by atoms with Gasteiger partial charge in [-0.25, -0.2) is 0 Å². The lowest BCUT2D eigenvalue weighted by molar-refractivity contribution is -0.143. The minimum Gasteiger partial charge on any atom is -0.466 e. The third kappa shape index (κ3) is 38.1. The van der Waals surface area contributed by atoms with E-state index in [2.05, 4.69) is 31.3 Å². The first kappa shape index (κ1) is 50.3. The smallest absolute Gasteiger partial charge is 0.305 e. The fourth-order valence-corrected chi connectivity index (χ4v) is 6.68. The Hall–Kier alpha value is -1.66. The molecule has 52 heavy (non-hydrogen) atoms.